The summed E-state index contributed by atoms with van der Waals surface area (Å²) in [5.74, 6) is -0.618. The highest BCUT2D eigenvalue weighted by Gasteiger charge is 2.17. The fourth-order valence-electron chi connectivity index (χ4n) is 1.55. The normalized spacial score (nSPS) is 13.2. The molecule has 1 N–H and O–H groups in total. The summed E-state index contributed by atoms with van der Waals surface area (Å²) in [6.45, 7) is 7.30. The fourth-order valence-corrected chi connectivity index (χ4v) is 1.55. The van der Waals surface area contributed by atoms with Crippen LogP contribution in [0.4, 0.5) is 4.39 Å². The average molecular weight is 253 g/mol. The van der Waals surface area contributed by atoms with E-state index in [0.29, 0.717) is 5.56 Å². The summed E-state index contributed by atoms with van der Waals surface area (Å²) in [6, 6.07) is 6.27. The summed E-state index contributed by atoms with van der Waals surface area (Å²) >= 11 is 0. The van der Waals surface area contributed by atoms with Crippen LogP contribution in [0, 0.1) is 5.82 Å². The first-order valence-electron chi connectivity index (χ1n) is 5.99. The summed E-state index contributed by atoms with van der Waals surface area (Å²) in [5.41, 5.74) is 0.0426. The van der Waals surface area contributed by atoms with E-state index >= 15 is 0 Å². The lowest BCUT2D eigenvalue weighted by molar-refractivity contribution is -0.153. The van der Waals surface area contributed by atoms with E-state index in [2.05, 4.69) is 5.32 Å². The second kappa shape index (κ2) is 5.96. The van der Waals surface area contributed by atoms with Crippen LogP contribution < -0.4 is 5.32 Å². The first-order valence-corrected chi connectivity index (χ1v) is 5.99. The fraction of sp³-hybridized carbons (Fsp3) is 0.500. The Bertz CT molecular complexity index is 413. The molecule has 1 aromatic carbocycles. The van der Waals surface area contributed by atoms with Crippen molar-refractivity contribution in [3.05, 3.63) is 35.6 Å². The highest BCUT2D eigenvalue weighted by atomic mass is 19.1. The van der Waals surface area contributed by atoms with Crippen LogP contribution in [0.3, 0.4) is 0 Å². The molecule has 0 spiro atoms. The molecule has 1 rings (SSSR count). The Morgan fingerprint density at radius 1 is 1.39 bits per heavy atom. The summed E-state index contributed by atoms with van der Waals surface area (Å²) in [4.78, 5) is 11.5. The van der Waals surface area contributed by atoms with Gasteiger partial charge in [-0.25, -0.2) is 4.39 Å². The zero-order valence-electron chi connectivity index (χ0n) is 11.3. The quantitative estimate of drug-likeness (QED) is 0.838. The second-order valence-electron chi connectivity index (χ2n) is 5.21. The van der Waals surface area contributed by atoms with Crippen molar-refractivity contribution >= 4 is 5.97 Å². The zero-order valence-corrected chi connectivity index (χ0v) is 11.3. The van der Waals surface area contributed by atoms with Crippen LogP contribution in [0.2, 0.25) is 0 Å². The van der Waals surface area contributed by atoms with Crippen molar-refractivity contribution in [1.29, 1.82) is 0 Å². The van der Waals surface area contributed by atoms with Crippen molar-refractivity contribution in [1.82, 2.24) is 5.32 Å². The largest absolute Gasteiger partial charge is 0.459 e. The van der Waals surface area contributed by atoms with Gasteiger partial charge in [0.1, 0.15) is 11.4 Å². The molecule has 3 nitrogen and oxygen atoms in total. The molecule has 0 radical (unpaired) electrons. The van der Waals surface area contributed by atoms with Gasteiger partial charge in [-0.15, -0.1) is 0 Å². The molecular formula is C14H20FNO2. The highest BCUT2D eigenvalue weighted by Crippen LogP contribution is 2.15. The predicted molar refractivity (Wildman–Crippen MR) is 68.7 cm³/mol. The Balaban J connectivity index is 2.49. The van der Waals surface area contributed by atoms with Gasteiger partial charge in [0.2, 0.25) is 0 Å². The van der Waals surface area contributed by atoms with Crippen LogP contribution in [0.15, 0.2) is 24.3 Å². The Kier molecular flexibility index (Phi) is 4.84. The van der Waals surface area contributed by atoms with Crippen LogP contribution in [0.1, 0.15) is 39.3 Å². The molecule has 0 heterocycles. The van der Waals surface area contributed by atoms with E-state index in [-0.39, 0.29) is 24.4 Å². The van der Waals surface area contributed by atoms with E-state index in [9.17, 15) is 9.18 Å². The predicted octanol–water partition coefficient (Wildman–Crippen LogP) is 2.82. The number of halogens is 1. The molecule has 0 saturated carbocycles. The van der Waals surface area contributed by atoms with Crippen molar-refractivity contribution in [2.45, 2.75) is 39.3 Å². The first kappa shape index (κ1) is 14.6. The number of hydrogen-bond donors (Lipinski definition) is 1. The number of carbonyl (C=O) groups excluding carboxylic acids is 1. The summed E-state index contributed by atoms with van der Waals surface area (Å²) < 4.78 is 18.6. The first-order chi connectivity index (χ1) is 8.29. The van der Waals surface area contributed by atoms with E-state index in [1.807, 2.05) is 27.7 Å². The van der Waals surface area contributed by atoms with E-state index < -0.39 is 5.60 Å². The lowest BCUT2D eigenvalue weighted by Crippen LogP contribution is -2.32. The van der Waals surface area contributed by atoms with Gasteiger partial charge in [0, 0.05) is 11.6 Å². The van der Waals surface area contributed by atoms with Gasteiger partial charge in [-0.3, -0.25) is 4.79 Å². The average Bonchev–Trinajstić information content (AvgIpc) is 2.24. The maximum Gasteiger partial charge on any atom is 0.320 e. The number of esters is 1. The topological polar surface area (TPSA) is 38.3 Å². The van der Waals surface area contributed by atoms with Crippen LogP contribution in [0.25, 0.3) is 0 Å². The molecule has 0 saturated heterocycles. The van der Waals surface area contributed by atoms with Gasteiger partial charge in [-0.1, -0.05) is 18.2 Å². The molecule has 0 unspecified atom stereocenters. The minimum absolute atomic E-state index is 0.0623. The Labute approximate surface area is 107 Å². The lowest BCUT2D eigenvalue weighted by atomic mass is 10.1. The van der Waals surface area contributed by atoms with Crippen LogP contribution in [-0.2, 0) is 9.53 Å². The van der Waals surface area contributed by atoms with Crippen molar-refractivity contribution in [3.63, 3.8) is 0 Å². The van der Waals surface area contributed by atoms with Crippen LogP contribution in [-0.4, -0.2) is 18.1 Å². The van der Waals surface area contributed by atoms with Crippen molar-refractivity contribution in [2.75, 3.05) is 6.54 Å². The lowest BCUT2D eigenvalue weighted by Gasteiger charge is -2.21. The monoisotopic (exact) mass is 253 g/mol. The van der Waals surface area contributed by atoms with Gasteiger partial charge in [0.05, 0.1) is 6.54 Å². The third kappa shape index (κ3) is 4.84. The van der Waals surface area contributed by atoms with Crippen molar-refractivity contribution in [2.24, 2.45) is 0 Å². The number of ether oxygens (including phenoxy) is 1. The maximum absolute atomic E-state index is 13.5. The molecule has 4 heteroatoms. The molecule has 1 atom stereocenters. The Hall–Kier alpha value is -1.42. The third-order valence-corrected chi connectivity index (χ3v) is 2.34. The molecule has 0 amide bonds. The number of nitrogens with one attached hydrogen (secondary N) is 1. The Morgan fingerprint density at radius 3 is 2.56 bits per heavy atom. The summed E-state index contributed by atoms with van der Waals surface area (Å²) in [6.07, 6.45) is 0. The summed E-state index contributed by atoms with van der Waals surface area (Å²) in [5, 5.41) is 2.95. The van der Waals surface area contributed by atoms with E-state index in [1.54, 1.807) is 18.2 Å². The molecular weight excluding hydrogens is 233 g/mol. The molecule has 0 bridgehead atoms. The van der Waals surface area contributed by atoms with Gasteiger partial charge in [0.25, 0.3) is 0 Å². The van der Waals surface area contributed by atoms with Crippen molar-refractivity contribution in [3.8, 4) is 0 Å². The van der Waals surface area contributed by atoms with Gasteiger partial charge < -0.3 is 10.1 Å². The maximum atomic E-state index is 13.5. The molecule has 100 valence electrons. The number of rotatable bonds is 4. The van der Waals surface area contributed by atoms with Gasteiger partial charge in [0.15, 0.2) is 0 Å². The van der Waals surface area contributed by atoms with Gasteiger partial charge in [-0.2, -0.15) is 0 Å². The standard InChI is InChI=1S/C14H20FNO2/c1-10(11-7-5-6-8-12(11)15)16-9-13(17)18-14(2,3)4/h5-8,10,16H,9H2,1-4H3/t10-/m1/s1. The van der Waals surface area contributed by atoms with Crippen molar-refractivity contribution < 1.29 is 13.9 Å². The molecule has 0 aliphatic carbocycles. The van der Waals surface area contributed by atoms with Crippen LogP contribution >= 0.6 is 0 Å². The molecule has 1 aromatic rings. The number of hydrogen-bond acceptors (Lipinski definition) is 3. The molecule has 0 aromatic heterocycles. The van der Waals surface area contributed by atoms with Crippen LogP contribution in [0.5, 0.6) is 0 Å². The minimum Gasteiger partial charge on any atom is -0.459 e. The number of benzene rings is 1. The second-order valence-corrected chi connectivity index (χ2v) is 5.21. The van der Waals surface area contributed by atoms with E-state index in [0.717, 1.165) is 0 Å². The minimum atomic E-state index is -0.500. The van der Waals surface area contributed by atoms with E-state index in [4.69, 9.17) is 4.74 Å². The van der Waals surface area contributed by atoms with Gasteiger partial charge >= 0.3 is 5.97 Å². The van der Waals surface area contributed by atoms with Gasteiger partial charge in [-0.05, 0) is 33.8 Å². The molecule has 18 heavy (non-hydrogen) atoms. The molecule has 0 aliphatic heterocycles. The SMILES string of the molecule is C[C@@H](NCC(=O)OC(C)(C)C)c1ccccc1F. The molecule has 0 fully saturated rings. The third-order valence-electron chi connectivity index (χ3n) is 2.34. The number of carbonyl (C=O) groups is 1. The molecule has 0 aliphatic rings. The zero-order chi connectivity index (χ0) is 13.8. The summed E-state index contributed by atoms with van der Waals surface area (Å²) in [7, 11) is 0. The highest BCUT2D eigenvalue weighted by molar-refractivity contribution is 5.72. The van der Waals surface area contributed by atoms with E-state index in [1.165, 1.54) is 6.07 Å². The Morgan fingerprint density at radius 2 is 2.00 bits per heavy atom. The smallest absolute Gasteiger partial charge is 0.320 e.